The van der Waals surface area contributed by atoms with E-state index in [1.165, 1.54) is 11.3 Å². The van der Waals surface area contributed by atoms with E-state index in [4.69, 9.17) is 5.73 Å². The zero-order chi connectivity index (χ0) is 14.8. The summed E-state index contributed by atoms with van der Waals surface area (Å²) in [5.74, 6) is 0.186. The molecule has 0 saturated carbocycles. The Balaban J connectivity index is 1.88. The first kappa shape index (κ1) is 13.4. The van der Waals surface area contributed by atoms with Gasteiger partial charge in [0.2, 0.25) is 5.91 Å². The van der Waals surface area contributed by atoms with Crippen LogP contribution in [0.15, 0.2) is 30.3 Å². The summed E-state index contributed by atoms with van der Waals surface area (Å²) in [5.41, 5.74) is 10.0. The lowest BCUT2D eigenvalue weighted by molar-refractivity contribution is 0.1000. The summed E-state index contributed by atoms with van der Waals surface area (Å²) < 4.78 is 0. The molecule has 21 heavy (non-hydrogen) atoms. The highest BCUT2D eigenvalue weighted by molar-refractivity contribution is 5.93. The zero-order valence-electron chi connectivity index (χ0n) is 11.9. The van der Waals surface area contributed by atoms with Crippen molar-refractivity contribution in [3.05, 3.63) is 47.2 Å². The van der Waals surface area contributed by atoms with Gasteiger partial charge >= 0.3 is 0 Å². The Hall–Kier alpha value is -2.56. The summed E-state index contributed by atoms with van der Waals surface area (Å²) in [7, 11) is 0. The largest absolute Gasteiger partial charge is 0.385 e. The monoisotopic (exact) mass is 282 g/mol. The van der Waals surface area contributed by atoms with Crippen molar-refractivity contribution < 1.29 is 4.79 Å². The molecule has 4 N–H and O–H groups in total. The number of fused-ring (bicyclic) bond motifs is 1. The second kappa shape index (κ2) is 5.44. The minimum Gasteiger partial charge on any atom is -0.385 e. The molecule has 2 aromatic rings. The van der Waals surface area contributed by atoms with Crippen molar-refractivity contribution in [3.8, 4) is 0 Å². The lowest BCUT2D eigenvalue weighted by Crippen LogP contribution is -2.13. The average Bonchev–Trinajstić information content (AvgIpc) is 2.46. The normalized spacial score (nSPS) is 13.2. The first-order valence-electron chi connectivity index (χ1n) is 7.04. The van der Waals surface area contributed by atoms with Gasteiger partial charge < -0.3 is 16.4 Å². The van der Waals surface area contributed by atoms with Crippen LogP contribution in [0.25, 0.3) is 0 Å². The van der Waals surface area contributed by atoms with Gasteiger partial charge in [0.25, 0.3) is 0 Å². The van der Waals surface area contributed by atoms with Crippen LogP contribution in [-0.4, -0.2) is 17.4 Å². The molecule has 2 heterocycles. The van der Waals surface area contributed by atoms with Crippen molar-refractivity contribution in [1.29, 1.82) is 0 Å². The lowest BCUT2D eigenvalue weighted by Gasteiger charge is -2.19. The van der Waals surface area contributed by atoms with Crippen molar-refractivity contribution in [2.24, 2.45) is 5.73 Å². The van der Waals surface area contributed by atoms with Crippen LogP contribution in [0, 0.1) is 6.92 Å². The molecule has 0 bridgehead atoms. The Morgan fingerprint density at radius 2 is 2.19 bits per heavy atom. The second-order valence-electron chi connectivity index (χ2n) is 5.27. The number of carbonyl (C=O) groups excluding carboxylic acids is 1. The Morgan fingerprint density at radius 1 is 1.33 bits per heavy atom. The van der Waals surface area contributed by atoms with Crippen LogP contribution in [0.1, 0.15) is 28.0 Å². The number of carbonyl (C=O) groups is 1. The predicted molar refractivity (Wildman–Crippen MR) is 84.0 cm³/mol. The molecule has 1 aromatic heterocycles. The van der Waals surface area contributed by atoms with Crippen LogP contribution in [0.5, 0.6) is 0 Å². The number of benzene rings is 1. The number of primary amides is 1. The number of nitrogens with two attached hydrogens (primary N) is 1. The fourth-order valence-electron chi connectivity index (χ4n) is 2.58. The van der Waals surface area contributed by atoms with Crippen molar-refractivity contribution in [2.45, 2.75) is 19.8 Å². The maximum absolute atomic E-state index is 11.3. The lowest BCUT2D eigenvalue weighted by atomic mass is 10.0. The van der Waals surface area contributed by atoms with Crippen LogP contribution in [0.4, 0.5) is 17.2 Å². The van der Waals surface area contributed by atoms with Crippen LogP contribution in [-0.2, 0) is 6.42 Å². The SMILES string of the molecule is Cc1cc(C(N)=O)cc(Nc2ccc3c(c2)CCCN3)n1. The number of rotatable bonds is 3. The van der Waals surface area contributed by atoms with Gasteiger partial charge in [-0.05, 0) is 55.7 Å². The van der Waals surface area contributed by atoms with Crippen molar-refractivity contribution in [2.75, 3.05) is 17.2 Å². The average molecular weight is 282 g/mol. The van der Waals surface area contributed by atoms with Gasteiger partial charge in [-0.1, -0.05) is 0 Å². The van der Waals surface area contributed by atoms with E-state index in [2.05, 4.69) is 27.8 Å². The topological polar surface area (TPSA) is 80.0 Å². The van der Waals surface area contributed by atoms with Gasteiger partial charge in [-0.25, -0.2) is 4.98 Å². The molecule has 1 aliphatic heterocycles. The van der Waals surface area contributed by atoms with E-state index in [0.29, 0.717) is 11.4 Å². The first-order chi connectivity index (χ1) is 10.1. The number of nitrogens with zero attached hydrogens (tertiary/aromatic N) is 1. The van der Waals surface area contributed by atoms with E-state index >= 15 is 0 Å². The van der Waals surface area contributed by atoms with E-state index in [9.17, 15) is 4.79 Å². The number of anilines is 3. The predicted octanol–water partition coefficient (Wildman–Crippen LogP) is 2.59. The summed E-state index contributed by atoms with van der Waals surface area (Å²) in [6.07, 6.45) is 2.22. The third-order valence-corrected chi connectivity index (χ3v) is 3.55. The summed E-state index contributed by atoms with van der Waals surface area (Å²) in [4.78, 5) is 15.7. The summed E-state index contributed by atoms with van der Waals surface area (Å²) in [5, 5.41) is 6.63. The van der Waals surface area contributed by atoms with E-state index in [1.807, 2.05) is 13.0 Å². The molecule has 1 aliphatic rings. The van der Waals surface area contributed by atoms with Crippen LogP contribution in [0.3, 0.4) is 0 Å². The Morgan fingerprint density at radius 3 is 3.00 bits per heavy atom. The molecular weight excluding hydrogens is 264 g/mol. The van der Waals surface area contributed by atoms with Gasteiger partial charge in [-0.3, -0.25) is 4.79 Å². The highest BCUT2D eigenvalue weighted by Gasteiger charge is 2.10. The number of amides is 1. The number of hydrogen-bond acceptors (Lipinski definition) is 4. The van der Waals surface area contributed by atoms with Crippen LogP contribution >= 0.6 is 0 Å². The number of pyridine rings is 1. The molecule has 0 aliphatic carbocycles. The zero-order valence-corrected chi connectivity index (χ0v) is 11.9. The minimum atomic E-state index is -0.446. The maximum Gasteiger partial charge on any atom is 0.248 e. The van der Waals surface area contributed by atoms with Gasteiger partial charge in [0.05, 0.1) is 0 Å². The molecule has 3 rings (SSSR count). The van der Waals surface area contributed by atoms with Gasteiger partial charge in [0.15, 0.2) is 0 Å². The van der Waals surface area contributed by atoms with E-state index in [-0.39, 0.29) is 0 Å². The van der Waals surface area contributed by atoms with Gasteiger partial charge in [-0.2, -0.15) is 0 Å². The molecule has 0 unspecified atom stereocenters. The summed E-state index contributed by atoms with van der Waals surface area (Å²) in [6.45, 7) is 2.87. The third-order valence-electron chi connectivity index (χ3n) is 3.55. The number of hydrogen-bond donors (Lipinski definition) is 3. The van der Waals surface area contributed by atoms with Crippen molar-refractivity contribution in [1.82, 2.24) is 4.98 Å². The van der Waals surface area contributed by atoms with E-state index in [0.717, 1.165) is 30.8 Å². The highest BCUT2D eigenvalue weighted by atomic mass is 16.1. The van der Waals surface area contributed by atoms with Gasteiger partial charge in [0, 0.05) is 29.2 Å². The van der Waals surface area contributed by atoms with E-state index in [1.54, 1.807) is 12.1 Å². The molecule has 0 radical (unpaired) electrons. The number of aromatic nitrogens is 1. The molecule has 0 fully saturated rings. The quantitative estimate of drug-likeness (QED) is 0.808. The van der Waals surface area contributed by atoms with E-state index < -0.39 is 5.91 Å². The minimum absolute atomic E-state index is 0.446. The second-order valence-corrected chi connectivity index (χ2v) is 5.27. The molecule has 0 saturated heterocycles. The first-order valence-corrected chi connectivity index (χ1v) is 7.04. The standard InChI is InChI=1S/C16H18N4O/c1-10-7-12(16(17)21)9-15(19-10)20-13-4-5-14-11(8-13)3-2-6-18-14/h4-5,7-9,18H,2-3,6H2,1H3,(H2,17,21)(H,19,20). The van der Waals surface area contributed by atoms with Gasteiger partial charge in [-0.15, -0.1) is 0 Å². The van der Waals surface area contributed by atoms with Crippen molar-refractivity contribution >= 4 is 23.1 Å². The molecular formula is C16H18N4O. The van der Waals surface area contributed by atoms with Gasteiger partial charge in [0.1, 0.15) is 5.82 Å². The third kappa shape index (κ3) is 2.97. The molecule has 108 valence electrons. The fraction of sp³-hybridized carbons (Fsp3) is 0.250. The smallest absolute Gasteiger partial charge is 0.248 e. The number of nitrogens with one attached hydrogen (secondary N) is 2. The maximum atomic E-state index is 11.3. The fourth-order valence-corrected chi connectivity index (χ4v) is 2.58. The number of aryl methyl sites for hydroxylation is 2. The molecule has 1 aromatic carbocycles. The van der Waals surface area contributed by atoms with Crippen molar-refractivity contribution in [3.63, 3.8) is 0 Å². The Bertz CT molecular complexity index is 697. The molecule has 0 atom stereocenters. The highest BCUT2D eigenvalue weighted by Crippen LogP contribution is 2.26. The summed E-state index contributed by atoms with van der Waals surface area (Å²) in [6, 6.07) is 9.56. The Kier molecular flexibility index (Phi) is 3.48. The molecule has 5 heteroatoms. The molecule has 1 amide bonds. The Labute approximate surface area is 123 Å². The van der Waals surface area contributed by atoms with Crippen LogP contribution in [0.2, 0.25) is 0 Å². The molecule has 0 spiro atoms. The summed E-state index contributed by atoms with van der Waals surface area (Å²) >= 11 is 0. The molecule has 5 nitrogen and oxygen atoms in total. The van der Waals surface area contributed by atoms with Crippen LogP contribution < -0.4 is 16.4 Å².